The van der Waals surface area contributed by atoms with E-state index in [1.54, 1.807) is 23.6 Å². The summed E-state index contributed by atoms with van der Waals surface area (Å²) in [4.78, 5) is 1.21. The van der Waals surface area contributed by atoms with Gasteiger partial charge in [-0.25, -0.2) is 4.68 Å². The smallest absolute Gasteiger partial charge is 0.152 e. The molecule has 0 radical (unpaired) electrons. The van der Waals surface area contributed by atoms with Crippen LogP contribution in [0.25, 0.3) is 16.9 Å². The summed E-state index contributed by atoms with van der Waals surface area (Å²) >= 11 is 14.1. The van der Waals surface area contributed by atoms with Gasteiger partial charge in [0.2, 0.25) is 0 Å². The number of halogens is 2. The van der Waals surface area contributed by atoms with E-state index in [1.165, 1.54) is 4.90 Å². The molecular formula is C17H14Cl2N2OS. The maximum absolute atomic E-state index is 6.22. The lowest BCUT2D eigenvalue weighted by Crippen LogP contribution is -1.99. The number of aromatic nitrogens is 2. The Bertz CT molecular complexity index is 831. The Balaban J connectivity index is 2.08. The number of nitrogens with zero attached hydrogens (tertiary/aromatic N) is 2. The van der Waals surface area contributed by atoms with Crippen LogP contribution in [0.5, 0.6) is 5.75 Å². The minimum absolute atomic E-state index is 0.431. The van der Waals surface area contributed by atoms with E-state index in [4.69, 9.17) is 27.9 Å². The number of methoxy groups -OCH3 is 1. The van der Waals surface area contributed by atoms with Crippen LogP contribution < -0.4 is 4.74 Å². The van der Waals surface area contributed by atoms with Crippen LogP contribution in [0.15, 0.2) is 53.4 Å². The molecule has 0 fully saturated rings. The van der Waals surface area contributed by atoms with Gasteiger partial charge < -0.3 is 4.74 Å². The van der Waals surface area contributed by atoms with Crippen molar-refractivity contribution in [3.05, 3.63) is 58.7 Å². The number of ether oxygens (including phenoxy) is 1. The molecule has 3 rings (SSSR count). The summed E-state index contributed by atoms with van der Waals surface area (Å²) in [6.45, 7) is 0. The third kappa shape index (κ3) is 3.34. The standard InChI is InChI=1S/C17H14Cl2N2OS/c1-22-16-8-5-12(9-14(16)18)21-15(10-17(19)20-21)11-3-6-13(23-2)7-4-11/h3-10H,1-2H3. The molecule has 0 aliphatic rings. The molecule has 0 N–H and O–H groups in total. The fourth-order valence-corrected chi connectivity index (χ4v) is 3.14. The van der Waals surface area contributed by atoms with E-state index in [0.29, 0.717) is 15.9 Å². The van der Waals surface area contributed by atoms with Gasteiger partial charge in [0.15, 0.2) is 5.15 Å². The van der Waals surface area contributed by atoms with Crippen molar-refractivity contribution in [2.75, 3.05) is 13.4 Å². The highest BCUT2D eigenvalue weighted by molar-refractivity contribution is 7.98. The summed E-state index contributed by atoms with van der Waals surface area (Å²) in [5.74, 6) is 0.625. The van der Waals surface area contributed by atoms with Crippen molar-refractivity contribution in [2.45, 2.75) is 4.90 Å². The Morgan fingerprint density at radius 3 is 2.39 bits per heavy atom. The Morgan fingerprint density at radius 2 is 1.78 bits per heavy atom. The highest BCUT2D eigenvalue weighted by Gasteiger charge is 2.12. The second kappa shape index (κ2) is 6.87. The minimum atomic E-state index is 0.431. The van der Waals surface area contributed by atoms with Crippen LogP contribution in [0.4, 0.5) is 0 Å². The van der Waals surface area contributed by atoms with E-state index in [-0.39, 0.29) is 0 Å². The van der Waals surface area contributed by atoms with Gasteiger partial charge in [-0.05, 0) is 36.6 Å². The van der Waals surface area contributed by atoms with Crippen molar-refractivity contribution in [1.82, 2.24) is 9.78 Å². The largest absolute Gasteiger partial charge is 0.495 e. The van der Waals surface area contributed by atoms with Crippen LogP contribution in [-0.4, -0.2) is 23.1 Å². The average Bonchev–Trinajstić information content (AvgIpc) is 2.96. The SMILES string of the molecule is COc1ccc(-n2nc(Cl)cc2-c2ccc(SC)cc2)cc1Cl. The number of benzene rings is 2. The number of hydrogen-bond acceptors (Lipinski definition) is 3. The number of rotatable bonds is 4. The lowest BCUT2D eigenvalue weighted by Gasteiger charge is -2.10. The summed E-state index contributed by atoms with van der Waals surface area (Å²) in [7, 11) is 1.59. The van der Waals surface area contributed by atoms with Crippen LogP contribution in [0.1, 0.15) is 0 Å². The normalized spacial score (nSPS) is 10.8. The quantitative estimate of drug-likeness (QED) is 0.565. The maximum atomic E-state index is 6.22. The molecule has 3 nitrogen and oxygen atoms in total. The van der Waals surface area contributed by atoms with Gasteiger partial charge in [-0.2, -0.15) is 5.10 Å². The molecule has 118 valence electrons. The summed E-state index contributed by atoms with van der Waals surface area (Å²) in [6, 6.07) is 15.6. The second-order valence-corrected chi connectivity index (χ2v) is 6.49. The molecule has 0 aliphatic carbocycles. The first kappa shape index (κ1) is 16.2. The Morgan fingerprint density at radius 1 is 1.04 bits per heavy atom. The van der Waals surface area contributed by atoms with E-state index in [1.807, 2.05) is 24.3 Å². The van der Waals surface area contributed by atoms with Crippen molar-refractivity contribution in [3.8, 4) is 22.7 Å². The fraction of sp³-hybridized carbons (Fsp3) is 0.118. The number of hydrogen-bond donors (Lipinski definition) is 0. The predicted molar refractivity (Wildman–Crippen MR) is 97.4 cm³/mol. The number of thioether (sulfide) groups is 1. The topological polar surface area (TPSA) is 27.1 Å². The Kier molecular flexibility index (Phi) is 4.85. The van der Waals surface area contributed by atoms with Gasteiger partial charge in [-0.15, -0.1) is 11.8 Å². The lowest BCUT2D eigenvalue weighted by atomic mass is 10.1. The molecule has 2 aromatic carbocycles. The van der Waals surface area contributed by atoms with E-state index in [0.717, 1.165) is 16.9 Å². The minimum Gasteiger partial charge on any atom is -0.495 e. The van der Waals surface area contributed by atoms with E-state index >= 15 is 0 Å². The molecule has 0 saturated heterocycles. The summed E-state index contributed by atoms with van der Waals surface area (Å²) in [5.41, 5.74) is 2.77. The second-order valence-electron chi connectivity index (χ2n) is 4.81. The third-order valence-corrected chi connectivity index (χ3v) is 4.67. The third-order valence-electron chi connectivity index (χ3n) is 3.45. The molecule has 0 unspecified atom stereocenters. The molecule has 6 heteroatoms. The molecule has 1 heterocycles. The molecule has 0 aliphatic heterocycles. The highest BCUT2D eigenvalue weighted by atomic mass is 35.5. The van der Waals surface area contributed by atoms with Gasteiger partial charge in [-0.1, -0.05) is 35.3 Å². The van der Waals surface area contributed by atoms with E-state index in [2.05, 4.69) is 35.6 Å². The molecule has 0 amide bonds. The zero-order valence-electron chi connectivity index (χ0n) is 12.6. The van der Waals surface area contributed by atoms with Crippen molar-refractivity contribution in [2.24, 2.45) is 0 Å². The van der Waals surface area contributed by atoms with Gasteiger partial charge in [0.25, 0.3) is 0 Å². The van der Waals surface area contributed by atoms with Crippen LogP contribution in [0.2, 0.25) is 10.2 Å². The Hall–Kier alpha value is -1.62. The summed E-state index contributed by atoms with van der Waals surface area (Å²) in [6.07, 6.45) is 2.05. The first-order valence-corrected chi connectivity index (χ1v) is 8.84. The fourth-order valence-electron chi connectivity index (χ4n) is 2.30. The van der Waals surface area contributed by atoms with Gasteiger partial charge in [0, 0.05) is 16.5 Å². The molecular weight excluding hydrogens is 351 g/mol. The summed E-state index contributed by atoms with van der Waals surface area (Å²) < 4.78 is 6.97. The monoisotopic (exact) mass is 364 g/mol. The molecule has 1 aromatic heterocycles. The first-order valence-electron chi connectivity index (χ1n) is 6.86. The molecule has 0 saturated carbocycles. The molecule has 3 aromatic rings. The molecule has 0 bridgehead atoms. The van der Waals surface area contributed by atoms with Crippen LogP contribution >= 0.6 is 35.0 Å². The summed E-state index contributed by atoms with van der Waals surface area (Å²) in [5, 5.41) is 5.33. The zero-order chi connectivity index (χ0) is 16.4. The molecule has 23 heavy (non-hydrogen) atoms. The zero-order valence-corrected chi connectivity index (χ0v) is 14.9. The first-order chi connectivity index (χ1) is 11.1. The lowest BCUT2D eigenvalue weighted by molar-refractivity contribution is 0.415. The van der Waals surface area contributed by atoms with E-state index < -0.39 is 0 Å². The van der Waals surface area contributed by atoms with Crippen LogP contribution in [-0.2, 0) is 0 Å². The predicted octanol–water partition coefficient (Wildman–Crippen LogP) is 5.58. The van der Waals surface area contributed by atoms with Crippen LogP contribution in [0.3, 0.4) is 0 Å². The van der Waals surface area contributed by atoms with Crippen molar-refractivity contribution < 1.29 is 4.74 Å². The van der Waals surface area contributed by atoms with Gasteiger partial charge >= 0.3 is 0 Å². The van der Waals surface area contributed by atoms with Crippen LogP contribution in [0, 0.1) is 0 Å². The van der Waals surface area contributed by atoms with Gasteiger partial charge in [0.05, 0.1) is 23.5 Å². The van der Waals surface area contributed by atoms with E-state index in [9.17, 15) is 0 Å². The van der Waals surface area contributed by atoms with Gasteiger partial charge in [-0.3, -0.25) is 0 Å². The van der Waals surface area contributed by atoms with Crippen molar-refractivity contribution in [3.63, 3.8) is 0 Å². The van der Waals surface area contributed by atoms with Crippen molar-refractivity contribution >= 4 is 35.0 Å². The average molecular weight is 365 g/mol. The van der Waals surface area contributed by atoms with Gasteiger partial charge in [0.1, 0.15) is 5.75 Å². The molecule has 0 spiro atoms. The van der Waals surface area contributed by atoms with Crippen molar-refractivity contribution in [1.29, 1.82) is 0 Å². The molecule has 0 atom stereocenters. The maximum Gasteiger partial charge on any atom is 0.152 e. The highest BCUT2D eigenvalue weighted by Crippen LogP contribution is 2.31. The Labute approximate surface area is 149 Å².